The van der Waals surface area contributed by atoms with Crippen molar-refractivity contribution in [3.8, 4) is 16.9 Å². The maximum atomic E-state index is 13.9. The first-order chi connectivity index (χ1) is 16.4. The minimum Gasteiger partial charge on any atom is -0.481 e. The summed E-state index contributed by atoms with van der Waals surface area (Å²) in [5.41, 5.74) is 1.13. The standard InChI is InChI=1S/C24H17F4NO5S/c25-18-8-9-22-21(13-18)17(7-10-23(30)31)14-29(22)35(32,33)20-6-2-4-16(12-20)15-3-1-5-19(11-15)34-24(26,27)28/h1-6,8-9,11-14H,7,10H2,(H,30,31). The van der Waals surface area contributed by atoms with Crippen LogP contribution in [0.4, 0.5) is 17.6 Å². The molecule has 4 rings (SSSR count). The monoisotopic (exact) mass is 507 g/mol. The highest BCUT2D eigenvalue weighted by Gasteiger charge is 2.31. The number of hydrogen-bond donors (Lipinski definition) is 1. The molecule has 0 fully saturated rings. The molecular formula is C24H17F4NO5S. The SMILES string of the molecule is O=C(O)CCc1cn(S(=O)(=O)c2cccc(-c3cccc(OC(F)(F)F)c3)c2)c2ccc(F)cc12. The van der Waals surface area contributed by atoms with Crippen LogP contribution < -0.4 is 4.74 Å². The van der Waals surface area contributed by atoms with Crippen LogP contribution in [0.1, 0.15) is 12.0 Å². The third kappa shape index (κ3) is 5.29. The second kappa shape index (κ2) is 9.06. The number of rotatable bonds is 7. The van der Waals surface area contributed by atoms with E-state index in [0.29, 0.717) is 16.7 Å². The van der Waals surface area contributed by atoms with Gasteiger partial charge in [-0.15, -0.1) is 13.2 Å². The number of ether oxygens (including phenoxy) is 1. The molecule has 0 amide bonds. The summed E-state index contributed by atoms with van der Waals surface area (Å²) < 4.78 is 83.5. The van der Waals surface area contributed by atoms with Crippen LogP contribution in [0, 0.1) is 5.82 Å². The predicted molar refractivity (Wildman–Crippen MR) is 119 cm³/mol. The zero-order chi connectivity index (χ0) is 25.4. The number of aromatic nitrogens is 1. The van der Waals surface area contributed by atoms with Crippen LogP contribution in [0.5, 0.6) is 5.75 Å². The largest absolute Gasteiger partial charge is 0.573 e. The van der Waals surface area contributed by atoms with E-state index in [1.165, 1.54) is 48.7 Å². The van der Waals surface area contributed by atoms with E-state index in [0.717, 1.165) is 28.2 Å². The quantitative estimate of drug-likeness (QED) is 0.329. The molecule has 0 saturated heterocycles. The van der Waals surface area contributed by atoms with E-state index in [2.05, 4.69) is 4.74 Å². The van der Waals surface area contributed by atoms with Crippen molar-refractivity contribution < 1.29 is 40.6 Å². The number of halogens is 4. The molecule has 1 aromatic heterocycles. The molecule has 182 valence electrons. The van der Waals surface area contributed by atoms with E-state index in [9.17, 15) is 30.8 Å². The van der Waals surface area contributed by atoms with Gasteiger partial charge in [-0.2, -0.15) is 0 Å². The van der Waals surface area contributed by atoms with Crippen molar-refractivity contribution in [3.05, 3.63) is 84.3 Å². The molecular weight excluding hydrogens is 490 g/mol. The third-order valence-corrected chi connectivity index (χ3v) is 6.88. The van der Waals surface area contributed by atoms with Gasteiger partial charge >= 0.3 is 12.3 Å². The Morgan fingerprint density at radius 3 is 2.34 bits per heavy atom. The van der Waals surface area contributed by atoms with Crippen molar-refractivity contribution in [1.82, 2.24) is 3.97 Å². The van der Waals surface area contributed by atoms with Crippen molar-refractivity contribution >= 4 is 26.9 Å². The van der Waals surface area contributed by atoms with Gasteiger partial charge in [-0.05, 0) is 65.6 Å². The summed E-state index contributed by atoms with van der Waals surface area (Å²) in [5.74, 6) is -2.15. The van der Waals surface area contributed by atoms with Crippen molar-refractivity contribution in [1.29, 1.82) is 0 Å². The molecule has 0 bridgehead atoms. The maximum absolute atomic E-state index is 13.9. The number of carbonyl (C=O) groups is 1. The van der Waals surface area contributed by atoms with Crippen LogP contribution in [0.15, 0.2) is 77.8 Å². The normalized spacial score (nSPS) is 12.1. The van der Waals surface area contributed by atoms with Crippen molar-refractivity contribution in [2.75, 3.05) is 0 Å². The second-order valence-electron chi connectivity index (χ2n) is 7.61. The van der Waals surface area contributed by atoms with E-state index in [4.69, 9.17) is 5.11 Å². The van der Waals surface area contributed by atoms with Gasteiger partial charge in [0.25, 0.3) is 10.0 Å². The molecule has 0 unspecified atom stereocenters. The summed E-state index contributed by atoms with van der Waals surface area (Å²) >= 11 is 0. The van der Waals surface area contributed by atoms with Gasteiger partial charge in [0.15, 0.2) is 0 Å². The Labute approximate surface area is 197 Å². The highest BCUT2D eigenvalue weighted by Crippen LogP contribution is 2.31. The van der Waals surface area contributed by atoms with Crippen LogP contribution in [0.25, 0.3) is 22.0 Å². The van der Waals surface area contributed by atoms with Gasteiger partial charge in [-0.3, -0.25) is 4.79 Å². The number of hydrogen-bond acceptors (Lipinski definition) is 4. The second-order valence-corrected chi connectivity index (χ2v) is 9.43. The first-order valence-corrected chi connectivity index (χ1v) is 11.6. The topological polar surface area (TPSA) is 85.6 Å². The Morgan fingerprint density at radius 2 is 1.66 bits per heavy atom. The minimum atomic E-state index is -4.88. The lowest BCUT2D eigenvalue weighted by molar-refractivity contribution is -0.274. The molecule has 0 saturated carbocycles. The van der Waals surface area contributed by atoms with Gasteiger partial charge in [-0.1, -0.05) is 24.3 Å². The Morgan fingerprint density at radius 1 is 0.971 bits per heavy atom. The molecule has 0 spiro atoms. The Kier molecular flexibility index (Phi) is 6.28. The summed E-state index contributed by atoms with van der Waals surface area (Å²) in [7, 11) is -4.23. The molecule has 0 aliphatic carbocycles. The van der Waals surface area contributed by atoms with Gasteiger partial charge < -0.3 is 9.84 Å². The van der Waals surface area contributed by atoms with Crippen LogP contribution in [-0.4, -0.2) is 29.8 Å². The van der Waals surface area contributed by atoms with E-state index in [-0.39, 0.29) is 28.6 Å². The smallest absolute Gasteiger partial charge is 0.481 e. The summed E-state index contributed by atoms with van der Waals surface area (Å²) in [4.78, 5) is 10.8. The van der Waals surface area contributed by atoms with Crippen LogP contribution in [-0.2, 0) is 21.2 Å². The Hall–Kier alpha value is -3.86. The van der Waals surface area contributed by atoms with Crippen molar-refractivity contribution in [2.45, 2.75) is 24.1 Å². The van der Waals surface area contributed by atoms with E-state index < -0.39 is 33.9 Å². The summed E-state index contributed by atoms with van der Waals surface area (Å²) in [5, 5.41) is 9.26. The van der Waals surface area contributed by atoms with Crippen LogP contribution in [0.2, 0.25) is 0 Å². The minimum absolute atomic E-state index is 0.0101. The Balaban J connectivity index is 1.77. The lowest BCUT2D eigenvalue weighted by atomic mass is 10.1. The van der Waals surface area contributed by atoms with E-state index >= 15 is 0 Å². The number of benzene rings is 3. The molecule has 4 aromatic rings. The Bertz CT molecular complexity index is 1530. The number of fused-ring (bicyclic) bond motifs is 1. The highest BCUT2D eigenvalue weighted by atomic mass is 32.2. The molecule has 3 aromatic carbocycles. The first kappa shape index (κ1) is 24.3. The first-order valence-electron chi connectivity index (χ1n) is 10.2. The summed E-state index contributed by atoms with van der Waals surface area (Å²) in [6.45, 7) is 0. The average Bonchev–Trinajstić information content (AvgIpc) is 3.15. The van der Waals surface area contributed by atoms with Gasteiger partial charge in [0.05, 0.1) is 10.4 Å². The van der Waals surface area contributed by atoms with Gasteiger partial charge in [0.1, 0.15) is 11.6 Å². The van der Waals surface area contributed by atoms with Crippen LogP contribution in [0.3, 0.4) is 0 Å². The zero-order valence-electron chi connectivity index (χ0n) is 17.8. The highest BCUT2D eigenvalue weighted by molar-refractivity contribution is 7.90. The third-order valence-electron chi connectivity index (χ3n) is 5.22. The maximum Gasteiger partial charge on any atom is 0.573 e. The fraction of sp³-hybridized carbons (Fsp3) is 0.125. The van der Waals surface area contributed by atoms with Crippen molar-refractivity contribution in [3.63, 3.8) is 0 Å². The molecule has 11 heteroatoms. The van der Waals surface area contributed by atoms with E-state index in [1.807, 2.05) is 0 Å². The number of carboxylic acid groups (broad SMARTS) is 1. The number of nitrogens with zero attached hydrogens (tertiary/aromatic N) is 1. The fourth-order valence-corrected chi connectivity index (χ4v) is 5.14. The van der Waals surface area contributed by atoms with Gasteiger partial charge in [0, 0.05) is 18.0 Å². The van der Waals surface area contributed by atoms with Gasteiger partial charge in [0.2, 0.25) is 0 Å². The van der Waals surface area contributed by atoms with Crippen LogP contribution >= 0.6 is 0 Å². The van der Waals surface area contributed by atoms with Gasteiger partial charge in [-0.25, -0.2) is 16.8 Å². The number of aliphatic carboxylic acids is 1. The molecule has 35 heavy (non-hydrogen) atoms. The van der Waals surface area contributed by atoms with Crippen molar-refractivity contribution in [2.24, 2.45) is 0 Å². The molecule has 1 N–H and O–H groups in total. The molecule has 0 radical (unpaired) electrons. The van der Waals surface area contributed by atoms with E-state index in [1.54, 1.807) is 0 Å². The number of carboxylic acids is 1. The summed E-state index contributed by atoms with van der Waals surface area (Å²) in [6.07, 6.45) is -3.91. The number of alkyl halides is 3. The molecule has 0 aliphatic heterocycles. The lowest BCUT2D eigenvalue weighted by Gasteiger charge is -2.12. The fourth-order valence-electron chi connectivity index (χ4n) is 3.70. The summed E-state index contributed by atoms with van der Waals surface area (Å²) in [6, 6.07) is 14.2. The lowest BCUT2D eigenvalue weighted by Crippen LogP contribution is -2.17. The molecule has 1 heterocycles. The molecule has 0 aliphatic rings. The molecule has 6 nitrogen and oxygen atoms in total. The average molecular weight is 507 g/mol. The molecule has 0 atom stereocenters. The predicted octanol–water partition coefficient (Wildman–Crippen LogP) is 5.60. The number of aryl methyl sites for hydroxylation is 1. The zero-order valence-corrected chi connectivity index (χ0v) is 18.6.